The van der Waals surface area contributed by atoms with Gasteiger partial charge in [0.1, 0.15) is 23.3 Å². The highest BCUT2D eigenvalue weighted by molar-refractivity contribution is 7.98. The summed E-state index contributed by atoms with van der Waals surface area (Å²) in [7, 11) is 0. The van der Waals surface area contributed by atoms with Crippen LogP contribution in [0.1, 0.15) is 6.92 Å². The van der Waals surface area contributed by atoms with Crippen molar-refractivity contribution < 1.29 is 13.5 Å². The van der Waals surface area contributed by atoms with Crippen molar-refractivity contribution in [3.63, 3.8) is 0 Å². The molecule has 0 spiro atoms. The van der Waals surface area contributed by atoms with Crippen LogP contribution < -0.4 is 10.3 Å². The first-order valence-corrected chi connectivity index (χ1v) is 7.78. The number of pyridine rings is 1. The van der Waals surface area contributed by atoms with Crippen LogP contribution in [0.25, 0.3) is 11.3 Å². The van der Waals surface area contributed by atoms with Crippen LogP contribution in [0.3, 0.4) is 0 Å². The van der Waals surface area contributed by atoms with Crippen LogP contribution in [0.2, 0.25) is 0 Å². The maximum absolute atomic E-state index is 14.2. The summed E-state index contributed by atoms with van der Waals surface area (Å²) >= 11 is 1.40. The Hall–Kier alpha value is -1.82. The van der Waals surface area contributed by atoms with Gasteiger partial charge in [0.2, 0.25) is 0 Å². The van der Waals surface area contributed by atoms with E-state index < -0.39 is 11.6 Å². The van der Waals surface area contributed by atoms with Crippen molar-refractivity contribution in [2.24, 2.45) is 0 Å². The van der Waals surface area contributed by atoms with Gasteiger partial charge in [-0.1, -0.05) is 6.07 Å². The summed E-state index contributed by atoms with van der Waals surface area (Å²) in [6.07, 6.45) is 1.82. The van der Waals surface area contributed by atoms with E-state index in [4.69, 9.17) is 4.74 Å². The third-order valence-corrected chi connectivity index (χ3v) is 3.33. The molecule has 0 fully saturated rings. The molecule has 1 aromatic carbocycles. The zero-order valence-corrected chi connectivity index (χ0v) is 12.5. The van der Waals surface area contributed by atoms with E-state index in [0.29, 0.717) is 12.5 Å². The van der Waals surface area contributed by atoms with Crippen molar-refractivity contribution in [1.82, 2.24) is 4.57 Å². The van der Waals surface area contributed by atoms with E-state index in [2.05, 4.69) is 0 Å². The first-order chi connectivity index (χ1) is 10.1. The molecule has 0 unspecified atom stereocenters. The zero-order valence-electron chi connectivity index (χ0n) is 11.7. The lowest BCUT2D eigenvalue weighted by atomic mass is 10.1. The lowest BCUT2D eigenvalue weighted by Crippen LogP contribution is -2.20. The molecule has 0 saturated carbocycles. The topological polar surface area (TPSA) is 31.2 Å². The molecule has 0 N–H and O–H groups in total. The SMILES string of the molecule is CCn1c(-c2c(F)cc(OCSC)cc2F)cccc1=O. The number of hydrogen-bond acceptors (Lipinski definition) is 3. The van der Waals surface area contributed by atoms with Crippen molar-refractivity contribution in [3.8, 4) is 17.0 Å². The van der Waals surface area contributed by atoms with Crippen LogP contribution in [-0.2, 0) is 6.54 Å². The molecule has 0 aliphatic rings. The molecule has 1 aromatic heterocycles. The minimum absolute atomic E-state index is 0.129. The van der Waals surface area contributed by atoms with E-state index in [1.807, 2.05) is 6.26 Å². The molecule has 1 heterocycles. The largest absolute Gasteiger partial charge is 0.483 e. The van der Waals surface area contributed by atoms with Crippen LogP contribution in [0, 0.1) is 11.6 Å². The summed E-state index contributed by atoms with van der Waals surface area (Å²) in [4.78, 5) is 11.8. The van der Waals surface area contributed by atoms with Gasteiger partial charge in [-0.25, -0.2) is 8.78 Å². The number of thioether (sulfide) groups is 1. The summed E-state index contributed by atoms with van der Waals surface area (Å²) < 4.78 is 35.0. The molecule has 0 atom stereocenters. The average molecular weight is 311 g/mol. The standard InChI is InChI=1S/C15H15F2NO2S/c1-3-18-13(5-4-6-14(18)19)15-11(16)7-10(8-12(15)17)20-9-21-2/h4-8H,3,9H2,1-2H3. The smallest absolute Gasteiger partial charge is 0.250 e. The van der Waals surface area contributed by atoms with Gasteiger partial charge in [-0.2, -0.15) is 0 Å². The predicted octanol–water partition coefficient (Wildman–Crippen LogP) is 3.51. The fraction of sp³-hybridized carbons (Fsp3) is 0.267. The second kappa shape index (κ2) is 6.76. The third kappa shape index (κ3) is 3.26. The number of aromatic nitrogens is 1. The Labute approximate surface area is 125 Å². The number of ether oxygens (including phenoxy) is 1. The summed E-state index contributed by atoms with van der Waals surface area (Å²) in [5.74, 6) is -1.06. The lowest BCUT2D eigenvalue weighted by molar-refractivity contribution is 0.387. The summed E-state index contributed by atoms with van der Waals surface area (Å²) in [5, 5.41) is 0. The summed E-state index contributed by atoms with van der Waals surface area (Å²) in [5.41, 5.74) is -0.293. The van der Waals surface area contributed by atoms with Crippen molar-refractivity contribution in [1.29, 1.82) is 0 Å². The highest BCUT2D eigenvalue weighted by atomic mass is 32.2. The van der Waals surface area contributed by atoms with Gasteiger partial charge in [0.05, 0.1) is 11.3 Å². The molecule has 0 bridgehead atoms. The summed E-state index contributed by atoms with van der Waals surface area (Å²) in [6.45, 7) is 2.08. The van der Waals surface area contributed by atoms with Crippen LogP contribution in [0.5, 0.6) is 5.75 Å². The van der Waals surface area contributed by atoms with Crippen LogP contribution in [0.15, 0.2) is 35.1 Å². The Morgan fingerprint density at radius 2 is 1.90 bits per heavy atom. The maximum atomic E-state index is 14.2. The second-order valence-electron chi connectivity index (χ2n) is 4.31. The molecule has 112 valence electrons. The van der Waals surface area contributed by atoms with E-state index in [-0.39, 0.29) is 22.6 Å². The molecule has 0 aliphatic heterocycles. The Morgan fingerprint density at radius 1 is 1.24 bits per heavy atom. The van der Waals surface area contributed by atoms with Gasteiger partial charge in [0.15, 0.2) is 0 Å². The van der Waals surface area contributed by atoms with Crippen LogP contribution in [0.4, 0.5) is 8.78 Å². The van der Waals surface area contributed by atoms with E-state index in [0.717, 1.165) is 12.1 Å². The molecule has 0 amide bonds. The van der Waals surface area contributed by atoms with E-state index in [9.17, 15) is 13.6 Å². The molecular weight excluding hydrogens is 296 g/mol. The molecule has 0 saturated heterocycles. The Bertz CT molecular complexity index is 677. The van der Waals surface area contributed by atoms with E-state index >= 15 is 0 Å². The van der Waals surface area contributed by atoms with Crippen LogP contribution >= 0.6 is 11.8 Å². The third-order valence-electron chi connectivity index (χ3n) is 2.98. The minimum Gasteiger partial charge on any atom is -0.483 e. The number of benzene rings is 1. The number of hydrogen-bond donors (Lipinski definition) is 0. The van der Waals surface area contributed by atoms with Gasteiger partial charge in [0, 0.05) is 24.7 Å². The summed E-state index contributed by atoms with van der Waals surface area (Å²) in [6, 6.07) is 6.63. The monoisotopic (exact) mass is 311 g/mol. The van der Waals surface area contributed by atoms with Gasteiger partial charge >= 0.3 is 0 Å². The average Bonchev–Trinajstić information content (AvgIpc) is 2.44. The first kappa shape index (κ1) is 15.6. The van der Waals surface area contributed by atoms with Gasteiger partial charge < -0.3 is 9.30 Å². The minimum atomic E-state index is -0.751. The normalized spacial score (nSPS) is 10.7. The maximum Gasteiger partial charge on any atom is 0.250 e. The second-order valence-corrected chi connectivity index (χ2v) is 5.12. The van der Waals surface area contributed by atoms with Gasteiger partial charge in [-0.05, 0) is 19.2 Å². The van der Waals surface area contributed by atoms with Crippen molar-refractivity contribution in [2.75, 3.05) is 12.2 Å². The molecular formula is C15H15F2NO2S. The van der Waals surface area contributed by atoms with Gasteiger partial charge in [0.25, 0.3) is 5.56 Å². The molecule has 21 heavy (non-hydrogen) atoms. The number of halogens is 2. The lowest BCUT2D eigenvalue weighted by Gasteiger charge is -2.13. The first-order valence-electron chi connectivity index (χ1n) is 6.39. The molecule has 2 aromatic rings. The quantitative estimate of drug-likeness (QED) is 0.792. The number of nitrogens with zero attached hydrogens (tertiary/aromatic N) is 1. The van der Waals surface area contributed by atoms with Gasteiger partial charge in [-0.3, -0.25) is 4.79 Å². The zero-order chi connectivity index (χ0) is 15.4. The predicted molar refractivity (Wildman–Crippen MR) is 80.7 cm³/mol. The molecule has 3 nitrogen and oxygen atoms in total. The highest BCUT2D eigenvalue weighted by Gasteiger charge is 2.17. The Morgan fingerprint density at radius 3 is 2.48 bits per heavy atom. The van der Waals surface area contributed by atoms with Crippen molar-refractivity contribution in [2.45, 2.75) is 13.5 Å². The molecule has 2 rings (SSSR count). The molecule has 6 heteroatoms. The number of rotatable bonds is 5. The fourth-order valence-corrected chi connectivity index (χ4v) is 2.32. The van der Waals surface area contributed by atoms with Crippen molar-refractivity contribution >= 4 is 11.8 Å². The van der Waals surface area contributed by atoms with E-state index in [1.165, 1.54) is 34.5 Å². The Balaban J connectivity index is 2.55. The molecule has 0 aliphatic carbocycles. The fourth-order valence-electron chi connectivity index (χ4n) is 2.07. The van der Waals surface area contributed by atoms with E-state index in [1.54, 1.807) is 6.92 Å². The highest BCUT2D eigenvalue weighted by Crippen LogP contribution is 2.29. The van der Waals surface area contributed by atoms with Gasteiger partial charge in [-0.15, -0.1) is 11.8 Å². The molecule has 0 radical (unpaired) electrons. The van der Waals surface area contributed by atoms with Crippen LogP contribution in [-0.4, -0.2) is 16.8 Å². The Kier molecular flexibility index (Phi) is 5.01. The van der Waals surface area contributed by atoms with Crippen molar-refractivity contribution in [3.05, 3.63) is 52.3 Å².